The number of methoxy groups -OCH3 is 1. The summed E-state index contributed by atoms with van der Waals surface area (Å²) in [7, 11) is 1.61. The van der Waals surface area contributed by atoms with Gasteiger partial charge in [0.2, 0.25) is 0 Å². The number of rotatable bonds is 1. The topological polar surface area (TPSA) is 59.0 Å². The molecule has 1 aromatic heterocycles. The first-order valence-electron chi connectivity index (χ1n) is 4.01. The van der Waals surface area contributed by atoms with Gasteiger partial charge in [-0.3, -0.25) is 0 Å². The summed E-state index contributed by atoms with van der Waals surface area (Å²) in [6, 6.07) is 5.54. The fourth-order valence-electron chi connectivity index (χ4n) is 1.36. The normalized spacial score (nSPS) is 10.0. The molecule has 1 aromatic carbocycles. The quantitative estimate of drug-likeness (QED) is 0.725. The van der Waals surface area contributed by atoms with E-state index in [-0.39, 0.29) is 0 Å². The van der Waals surface area contributed by atoms with E-state index in [2.05, 4.69) is 6.07 Å². The molecule has 0 bridgehead atoms. The van der Waals surface area contributed by atoms with Crippen molar-refractivity contribution in [3.05, 3.63) is 23.1 Å². The minimum atomic E-state index is 0.562. The number of thiophene rings is 1. The van der Waals surface area contributed by atoms with Crippen molar-refractivity contribution in [1.29, 1.82) is 5.26 Å². The summed E-state index contributed by atoms with van der Waals surface area (Å²) in [5.41, 5.74) is 7.00. The van der Waals surface area contributed by atoms with Gasteiger partial charge < -0.3 is 10.5 Å². The lowest BCUT2D eigenvalue weighted by Crippen LogP contribution is -1.87. The Kier molecular flexibility index (Phi) is 2.02. The Bertz CT molecular complexity index is 525. The van der Waals surface area contributed by atoms with E-state index in [0.29, 0.717) is 11.3 Å². The zero-order valence-electron chi connectivity index (χ0n) is 7.57. The molecule has 2 N–H and O–H groups in total. The summed E-state index contributed by atoms with van der Waals surface area (Å²) in [5.74, 6) is 0.772. The molecule has 14 heavy (non-hydrogen) atoms. The second kappa shape index (κ2) is 3.20. The highest BCUT2D eigenvalue weighted by Gasteiger charge is 2.08. The first-order chi connectivity index (χ1) is 6.76. The van der Waals surface area contributed by atoms with Gasteiger partial charge in [0.15, 0.2) is 0 Å². The van der Waals surface area contributed by atoms with Crippen LogP contribution in [0.3, 0.4) is 0 Å². The zero-order valence-corrected chi connectivity index (χ0v) is 8.39. The average molecular weight is 204 g/mol. The third-order valence-corrected chi connectivity index (χ3v) is 3.04. The molecule has 1 heterocycles. The molecule has 2 rings (SSSR count). The van der Waals surface area contributed by atoms with E-state index in [4.69, 9.17) is 15.7 Å². The van der Waals surface area contributed by atoms with E-state index in [0.717, 1.165) is 15.8 Å². The van der Waals surface area contributed by atoms with E-state index in [1.54, 1.807) is 19.2 Å². The molecule has 2 aromatic rings. The molecule has 3 nitrogen and oxygen atoms in total. The van der Waals surface area contributed by atoms with Gasteiger partial charge in [-0.1, -0.05) is 0 Å². The number of anilines is 1. The molecule has 70 valence electrons. The molecule has 0 aliphatic rings. The van der Waals surface area contributed by atoms with Crippen LogP contribution in [0.5, 0.6) is 5.75 Å². The molecule has 4 heteroatoms. The molecule has 0 radical (unpaired) electrons. The van der Waals surface area contributed by atoms with Crippen molar-refractivity contribution in [1.82, 2.24) is 0 Å². The Hall–Kier alpha value is -1.73. The molecule has 0 aliphatic heterocycles. The first kappa shape index (κ1) is 8.85. The third kappa shape index (κ3) is 1.19. The Balaban J connectivity index is 2.82. The second-order valence-electron chi connectivity index (χ2n) is 2.86. The van der Waals surface area contributed by atoms with Crippen LogP contribution in [-0.2, 0) is 0 Å². The van der Waals surface area contributed by atoms with Crippen LogP contribution in [0.25, 0.3) is 10.1 Å². The van der Waals surface area contributed by atoms with E-state index in [9.17, 15) is 0 Å². The van der Waals surface area contributed by atoms with Crippen molar-refractivity contribution in [2.24, 2.45) is 0 Å². The summed E-state index contributed by atoms with van der Waals surface area (Å²) >= 11 is 1.52. The van der Waals surface area contributed by atoms with Gasteiger partial charge in [-0.25, -0.2) is 0 Å². The van der Waals surface area contributed by atoms with Gasteiger partial charge in [0.05, 0.1) is 29.1 Å². The van der Waals surface area contributed by atoms with Crippen LogP contribution in [0, 0.1) is 11.3 Å². The van der Waals surface area contributed by atoms with Crippen LogP contribution < -0.4 is 10.5 Å². The minimum absolute atomic E-state index is 0.562. The molecule has 0 saturated heterocycles. The van der Waals surface area contributed by atoms with E-state index in [1.807, 2.05) is 5.38 Å². The second-order valence-corrected chi connectivity index (χ2v) is 3.74. The number of nitrogen functional groups attached to an aromatic ring is 1. The predicted molar refractivity (Wildman–Crippen MR) is 57.5 cm³/mol. The van der Waals surface area contributed by atoms with Crippen molar-refractivity contribution in [3.63, 3.8) is 0 Å². The number of hydrogen-bond acceptors (Lipinski definition) is 4. The SMILES string of the molecule is COc1csc2c(N)cc(C#N)cc12. The number of nitriles is 1. The molecule has 0 fully saturated rings. The number of nitrogens with zero attached hydrogens (tertiary/aromatic N) is 1. The molecule has 0 spiro atoms. The van der Waals surface area contributed by atoms with E-state index >= 15 is 0 Å². The van der Waals surface area contributed by atoms with Crippen molar-refractivity contribution in [3.8, 4) is 11.8 Å². The third-order valence-electron chi connectivity index (χ3n) is 2.02. The van der Waals surface area contributed by atoms with Gasteiger partial charge in [-0.2, -0.15) is 5.26 Å². The summed E-state index contributed by atoms with van der Waals surface area (Å²) in [4.78, 5) is 0. The number of fused-ring (bicyclic) bond motifs is 1. The Morgan fingerprint density at radius 1 is 1.50 bits per heavy atom. The van der Waals surface area contributed by atoms with Gasteiger partial charge >= 0.3 is 0 Å². The van der Waals surface area contributed by atoms with Crippen LogP contribution in [0.4, 0.5) is 5.69 Å². The fourth-order valence-corrected chi connectivity index (χ4v) is 2.29. The summed E-state index contributed by atoms with van der Waals surface area (Å²) < 4.78 is 6.14. The largest absolute Gasteiger partial charge is 0.495 e. The van der Waals surface area contributed by atoms with Crippen molar-refractivity contribution < 1.29 is 4.74 Å². The van der Waals surface area contributed by atoms with Crippen LogP contribution >= 0.6 is 11.3 Å². The first-order valence-corrected chi connectivity index (χ1v) is 4.89. The molecule has 0 atom stereocenters. The van der Waals surface area contributed by atoms with Crippen LogP contribution in [0.2, 0.25) is 0 Å². The number of ether oxygens (including phenoxy) is 1. The molecule has 0 unspecified atom stereocenters. The fraction of sp³-hybridized carbons (Fsp3) is 0.100. The zero-order chi connectivity index (χ0) is 10.1. The summed E-state index contributed by atoms with van der Waals surface area (Å²) in [5, 5.41) is 11.6. The highest BCUT2D eigenvalue weighted by molar-refractivity contribution is 7.18. The molecular formula is C10H8N2OS. The lowest BCUT2D eigenvalue weighted by molar-refractivity contribution is 0.421. The Morgan fingerprint density at radius 2 is 2.29 bits per heavy atom. The van der Waals surface area contributed by atoms with Crippen LogP contribution in [0.1, 0.15) is 5.56 Å². The smallest absolute Gasteiger partial charge is 0.137 e. The highest BCUT2D eigenvalue weighted by Crippen LogP contribution is 2.36. The maximum atomic E-state index is 8.78. The van der Waals surface area contributed by atoms with Crippen LogP contribution in [0.15, 0.2) is 17.5 Å². The van der Waals surface area contributed by atoms with Crippen LogP contribution in [-0.4, -0.2) is 7.11 Å². The van der Waals surface area contributed by atoms with E-state index in [1.165, 1.54) is 11.3 Å². The average Bonchev–Trinajstić information content (AvgIpc) is 2.61. The Labute approximate surface area is 85.3 Å². The van der Waals surface area contributed by atoms with Crippen molar-refractivity contribution in [2.45, 2.75) is 0 Å². The standard InChI is InChI=1S/C10H8N2OS/c1-13-9-5-14-10-7(9)2-6(4-11)3-8(10)12/h2-3,5H,12H2,1H3. The minimum Gasteiger partial charge on any atom is -0.495 e. The molecule has 0 amide bonds. The van der Waals surface area contributed by atoms with Gasteiger partial charge in [0, 0.05) is 10.8 Å². The molecular weight excluding hydrogens is 196 g/mol. The predicted octanol–water partition coefficient (Wildman–Crippen LogP) is 2.36. The maximum Gasteiger partial charge on any atom is 0.137 e. The number of nitrogens with two attached hydrogens (primary N) is 1. The molecule has 0 saturated carbocycles. The molecule has 0 aliphatic carbocycles. The van der Waals surface area contributed by atoms with E-state index < -0.39 is 0 Å². The van der Waals surface area contributed by atoms with Gasteiger partial charge in [0.25, 0.3) is 0 Å². The summed E-state index contributed by atoms with van der Waals surface area (Å²) in [6.07, 6.45) is 0. The van der Waals surface area contributed by atoms with Gasteiger partial charge in [-0.15, -0.1) is 11.3 Å². The monoisotopic (exact) mass is 204 g/mol. The lowest BCUT2D eigenvalue weighted by atomic mass is 10.1. The highest BCUT2D eigenvalue weighted by atomic mass is 32.1. The van der Waals surface area contributed by atoms with Crippen molar-refractivity contribution in [2.75, 3.05) is 12.8 Å². The summed E-state index contributed by atoms with van der Waals surface area (Å²) in [6.45, 7) is 0. The number of benzene rings is 1. The van der Waals surface area contributed by atoms with Gasteiger partial charge in [-0.05, 0) is 12.1 Å². The van der Waals surface area contributed by atoms with Crippen molar-refractivity contribution >= 4 is 27.1 Å². The lowest BCUT2D eigenvalue weighted by Gasteiger charge is -1.99. The number of hydrogen-bond donors (Lipinski definition) is 1. The maximum absolute atomic E-state index is 8.78. The van der Waals surface area contributed by atoms with Gasteiger partial charge in [0.1, 0.15) is 5.75 Å². The Morgan fingerprint density at radius 3 is 2.93 bits per heavy atom.